The molecule has 0 fully saturated rings. The van der Waals surface area contributed by atoms with Gasteiger partial charge in [0, 0.05) is 16.3 Å². The van der Waals surface area contributed by atoms with Crippen LogP contribution in [0.2, 0.25) is 5.02 Å². The molecule has 0 spiro atoms. The Morgan fingerprint density at radius 2 is 1.86 bits per heavy atom. The monoisotopic (exact) mass is 393 g/mol. The number of hydrogen-bond donors (Lipinski definition) is 1. The summed E-state index contributed by atoms with van der Waals surface area (Å²) >= 11 is 5.91. The van der Waals surface area contributed by atoms with Gasteiger partial charge in [0.2, 0.25) is 5.91 Å². The van der Waals surface area contributed by atoms with E-state index in [4.69, 9.17) is 11.6 Å². The minimum Gasteiger partial charge on any atom is -0.324 e. The van der Waals surface area contributed by atoms with Crippen LogP contribution >= 0.6 is 11.6 Å². The quantitative estimate of drug-likeness (QED) is 0.577. The highest BCUT2D eigenvalue weighted by molar-refractivity contribution is 6.30. The molecule has 0 unspecified atom stereocenters. The summed E-state index contributed by atoms with van der Waals surface area (Å²) in [5.41, 5.74) is 3.01. The predicted octanol–water partition coefficient (Wildman–Crippen LogP) is 3.16. The van der Waals surface area contributed by atoms with Gasteiger partial charge < -0.3 is 5.32 Å². The van der Waals surface area contributed by atoms with Gasteiger partial charge in [0.1, 0.15) is 6.54 Å². The van der Waals surface area contributed by atoms with Crippen molar-refractivity contribution < 1.29 is 4.79 Å². The van der Waals surface area contributed by atoms with Crippen LogP contribution in [0.4, 0.5) is 5.69 Å². The molecule has 4 aromatic rings. The number of anilines is 1. The third-order valence-electron chi connectivity index (χ3n) is 4.18. The van der Waals surface area contributed by atoms with E-state index in [0.717, 1.165) is 15.8 Å². The van der Waals surface area contributed by atoms with E-state index in [9.17, 15) is 9.59 Å². The first-order valence-corrected chi connectivity index (χ1v) is 8.97. The van der Waals surface area contributed by atoms with Crippen molar-refractivity contribution in [3.05, 3.63) is 81.7 Å². The molecule has 140 valence electrons. The maximum absolute atomic E-state index is 12.6. The van der Waals surface area contributed by atoms with Crippen LogP contribution in [0.25, 0.3) is 16.9 Å². The second-order valence-corrected chi connectivity index (χ2v) is 6.79. The van der Waals surface area contributed by atoms with E-state index in [2.05, 4.69) is 15.5 Å². The summed E-state index contributed by atoms with van der Waals surface area (Å²) in [5.74, 6) is -0.339. The molecule has 4 rings (SSSR count). The molecule has 0 aliphatic carbocycles. The molecule has 0 saturated carbocycles. The third-order valence-corrected chi connectivity index (χ3v) is 4.43. The minimum absolute atomic E-state index is 0.202. The normalized spacial score (nSPS) is 10.9. The Labute approximate surface area is 165 Å². The van der Waals surface area contributed by atoms with Gasteiger partial charge in [0.25, 0.3) is 0 Å². The molecule has 0 radical (unpaired) electrons. The van der Waals surface area contributed by atoms with Gasteiger partial charge >= 0.3 is 5.69 Å². The van der Waals surface area contributed by atoms with Crippen molar-refractivity contribution >= 4 is 28.8 Å². The van der Waals surface area contributed by atoms with E-state index in [1.54, 1.807) is 30.3 Å². The zero-order valence-electron chi connectivity index (χ0n) is 15.0. The highest BCUT2D eigenvalue weighted by atomic mass is 35.5. The number of benzene rings is 2. The number of carbonyl (C=O) groups is 1. The zero-order chi connectivity index (χ0) is 19.7. The fourth-order valence-corrected chi connectivity index (χ4v) is 2.97. The maximum Gasteiger partial charge on any atom is 0.367 e. The molecule has 8 heteroatoms. The van der Waals surface area contributed by atoms with Crippen LogP contribution in [0.1, 0.15) is 5.56 Å². The van der Waals surface area contributed by atoms with Crippen LogP contribution < -0.4 is 11.0 Å². The molecule has 0 atom stereocenters. The largest absolute Gasteiger partial charge is 0.367 e. The summed E-state index contributed by atoms with van der Waals surface area (Å²) in [4.78, 5) is 24.9. The second kappa shape index (κ2) is 7.28. The van der Waals surface area contributed by atoms with Gasteiger partial charge in [-0.3, -0.25) is 4.79 Å². The first kappa shape index (κ1) is 17.9. The third kappa shape index (κ3) is 3.65. The van der Waals surface area contributed by atoms with E-state index >= 15 is 0 Å². The first-order chi connectivity index (χ1) is 13.5. The topological polar surface area (TPSA) is 81.3 Å². The Morgan fingerprint density at radius 1 is 1.07 bits per heavy atom. The van der Waals surface area contributed by atoms with Crippen LogP contribution in [0.15, 0.2) is 65.5 Å². The van der Waals surface area contributed by atoms with Crippen LogP contribution in [0.3, 0.4) is 0 Å². The number of aromatic nitrogens is 4. The molecule has 0 aliphatic heterocycles. The summed E-state index contributed by atoms with van der Waals surface area (Å²) in [6.45, 7) is 1.73. The molecule has 1 amide bonds. The highest BCUT2D eigenvalue weighted by Crippen LogP contribution is 2.19. The first-order valence-electron chi connectivity index (χ1n) is 8.59. The number of fused-ring (bicyclic) bond motifs is 1. The minimum atomic E-state index is -0.481. The van der Waals surface area contributed by atoms with Crippen LogP contribution in [0, 0.1) is 6.92 Å². The van der Waals surface area contributed by atoms with Gasteiger partial charge in [-0.25, -0.2) is 9.48 Å². The van der Waals surface area contributed by atoms with Gasteiger partial charge in [0.05, 0.1) is 5.69 Å². The van der Waals surface area contributed by atoms with Crippen molar-refractivity contribution in [1.82, 2.24) is 19.4 Å². The van der Waals surface area contributed by atoms with Crippen LogP contribution in [0.5, 0.6) is 0 Å². The average molecular weight is 394 g/mol. The summed E-state index contributed by atoms with van der Waals surface area (Å²) in [6.07, 6.45) is 0. The number of halogens is 1. The van der Waals surface area contributed by atoms with Crippen LogP contribution in [-0.4, -0.2) is 25.3 Å². The molecule has 2 heterocycles. The van der Waals surface area contributed by atoms with E-state index in [-0.39, 0.29) is 12.5 Å². The van der Waals surface area contributed by atoms with Crippen molar-refractivity contribution in [1.29, 1.82) is 0 Å². The Balaban J connectivity index is 1.60. The Kier molecular flexibility index (Phi) is 4.67. The zero-order valence-corrected chi connectivity index (χ0v) is 15.7. The SMILES string of the molecule is Cc1cccc(NC(=O)Cn2nc3ccc(-c4ccc(Cl)cc4)nn3c2=O)c1. The summed E-state index contributed by atoms with van der Waals surface area (Å²) in [7, 11) is 0. The average Bonchev–Trinajstić information content (AvgIpc) is 2.97. The summed E-state index contributed by atoms with van der Waals surface area (Å²) in [6, 6.07) is 18.0. The summed E-state index contributed by atoms with van der Waals surface area (Å²) < 4.78 is 2.28. The van der Waals surface area contributed by atoms with Gasteiger partial charge in [-0.05, 0) is 48.9 Å². The maximum atomic E-state index is 12.6. The number of rotatable bonds is 4. The van der Waals surface area contributed by atoms with Crippen LogP contribution in [-0.2, 0) is 11.3 Å². The van der Waals surface area contributed by atoms with Gasteiger partial charge in [-0.2, -0.15) is 9.61 Å². The number of amides is 1. The van der Waals surface area contributed by atoms with Crippen molar-refractivity contribution in [3.63, 3.8) is 0 Å². The molecular weight excluding hydrogens is 378 g/mol. The molecule has 0 saturated heterocycles. The molecular formula is C20H16ClN5O2. The highest BCUT2D eigenvalue weighted by Gasteiger charge is 2.13. The second-order valence-electron chi connectivity index (χ2n) is 6.35. The molecule has 2 aromatic carbocycles. The lowest BCUT2D eigenvalue weighted by molar-refractivity contribution is -0.117. The number of carbonyl (C=O) groups excluding carboxylic acids is 1. The molecule has 0 aliphatic rings. The van der Waals surface area contributed by atoms with E-state index in [0.29, 0.717) is 22.1 Å². The summed E-state index contributed by atoms with van der Waals surface area (Å²) in [5, 5.41) is 11.9. The van der Waals surface area contributed by atoms with Crippen molar-refractivity contribution in [2.45, 2.75) is 13.5 Å². The number of hydrogen-bond acceptors (Lipinski definition) is 4. The molecule has 28 heavy (non-hydrogen) atoms. The lowest BCUT2D eigenvalue weighted by Crippen LogP contribution is -2.28. The lowest BCUT2D eigenvalue weighted by Gasteiger charge is -2.05. The predicted molar refractivity (Wildman–Crippen MR) is 108 cm³/mol. The Hall–Kier alpha value is -3.45. The Morgan fingerprint density at radius 3 is 2.61 bits per heavy atom. The fraction of sp³-hybridized carbons (Fsp3) is 0.100. The fourth-order valence-electron chi connectivity index (χ4n) is 2.85. The van der Waals surface area contributed by atoms with E-state index in [1.165, 1.54) is 4.52 Å². The van der Waals surface area contributed by atoms with Crippen molar-refractivity contribution in [2.75, 3.05) is 5.32 Å². The molecule has 7 nitrogen and oxygen atoms in total. The number of nitrogens with one attached hydrogen (secondary N) is 1. The Bertz CT molecular complexity index is 1230. The van der Waals surface area contributed by atoms with Crippen molar-refractivity contribution in [2.24, 2.45) is 0 Å². The number of nitrogens with zero attached hydrogens (tertiary/aromatic N) is 4. The van der Waals surface area contributed by atoms with Gasteiger partial charge in [0.15, 0.2) is 5.65 Å². The van der Waals surface area contributed by atoms with Gasteiger partial charge in [-0.1, -0.05) is 35.9 Å². The molecule has 0 bridgehead atoms. The lowest BCUT2D eigenvalue weighted by atomic mass is 10.1. The number of aryl methyl sites for hydroxylation is 1. The van der Waals surface area contributed by atoms with E-state index < -0.39 is 5.69 Å². The molecule has 2 aromatic heterocycles. The standard InChI is InChI=1S/C20H16ClN5O2/c1-13-3-2-4-16(11-13)22-19(27)12-25-20(28)26-18(24-25)10-9-17(23-26)14-5-7-15(21)8-6-14/h2-11H,12H2,1H3,(H,22,27). The molecule has 1 N–H and O–H groups in total. The van der Waals surface area contributed by atoms with Gasteiger partial charge in [-0.15, -0.1) is 5.10 Å². The van der Waals surface area contributed by atoms with Crippen molar-refractivity contribution in [3.8, 4) is 11.3 Å². The smallest absolute Gasteiger partial charge is 0.324 e. The van der Waals surface area contributed by atoms with E-state index in [1.807, 2.05) is 37.3 Å².